The minimum absolute atomic E-state index is 0.676. The average molecular weight is 670 g/mol. The third-order valence-corrected chi connectivity index (χ3v) is 9.66. The van der Waals surface area contributed by atoms with Crippen molar-refractivity contribution in [2.75, 3.05) is 0 Å². The number of hydrogen-bond donors (Lipinski definition) is 0. The first-order valence-corrected chi connectivity index (χ1v) is 16.5. The van der Waals surface area contributed by atoms with Crippen LogP contribution >= 0.6 is 46.4 Å². The van der Waals surface area contributed by atoms with E-state index in [1.807, 2.05) is 36.4 Å². The zero-order valence-electron chi connectivity index (χ0n) is 24.4. The number of halogens is 4. The molecule has 0 aromatic heterocycles. The van der Waals surface area contributed by atoms with Crippen LogP contribution in [0.4, 0.5) is 0 Å². The van der Waals surface area contributed by atoms with Gasteiger partial charge in [-0.1, -0.05) is 143 Å². The van der Waals surface area contributed by atoms with Crippen molar-refractivity contribution in [2.45, 2.75) is 0 Å². The smallest absolute Gasteiger partial charge is 0.0412 e. The molecule has 0 nitrogen and oxygen atoms in total. The van der Waals surface area contributed by atoms with E-state index in [9.17, 15) is 0 Å². The third-order valence-electron chi connectivity index (χ3n) is 8.68. The largest absolute Gasteiger partial charge is 0.0843 e. The minimum Gasteiger partial charge on any atom is -0.0843 e. The molecular weight excluding hydrogens is 646 g/mol. The second-order valence-electron chi connectivity index (χ2n) is 11.4. The van der Waals surface area contributed by atoms with Crippen molar-refractivity contribution in [1.29, 1.82) is 0 Å². The highest BCUT2D eigenvalue weighted by molar-refractivity contribution is 6.37. The van der Waals surface area contributed by atoms with E-state index in [0.717, 1.165) is 76.8 Å². The molecule has 0 bridgehead atoms. The normalized spacial score (nSPS) is 11.5. The van der Waals surface area contributed by atoms with Gasteiger partial charge in [-0.2, -0.15) is 0 Å². The van der Waals surface area contributed by atoms with Gasteiger partial charge in [0.15, 0.2) is 0 Å². The van der Waals surface area contributed by atoms with Crippen molar-refractivity contribution in [3.63, 3.8) is 0 Å². The van der Waals surface area contributed by atoms with Gasteiger partial charge in [0.1, 0.15) is 0 Å². The Labute approximate surface area is 287 Å². The molecule has 0 aliphatic heterocycles. The van der Waals surface area contributed by atoms with Crippen LogP contribution < -0.4 is 0 Å². The van der Waals surface area contributed by atoms with Gasteiger partial charge < -0.3 is 0 Å². The van der Waals surface area contributed by atoms with E-state index in [-0.39, 0.29) is 0 Å². The van der Waals surface area contributed by atoms with E-state index in [1.54, 1.807) is 0 Å². The minimum atomic E-state index is 0.676. The van der Waals surface area contributed by atoms with Crippen molar-refractivity contribution in [2.24, 2.45) is 0 Å². The van der Waals surface area contributed by atoms with Crippen molar-refractivity contribution < 1.29 is 0 Å². The molecule has 8 aromatic carbocycles. The number of fused-ring (bicyclic) bond motifs is 3. The van der Waals surface area contributed by atoms with E-state index in [4.69, 9.17) is 46.4 Å². The summed E-state index contributed by atoms with van der Waals surface area (Å²) in [6.07, 6.45) is 0. The summed E-state index contributed by atoms with van der Waals surface area (Å²) in [6.45, 7) is 0. The van der Waals surface area contributed by atoms with Crippen molar-refractivity contribution in [3.05, 3.63) is 166 Å². The molecule has 0 N–H and O–H groups in total. The predicted octanol–water partition coefficient (Wildman–Crippen LogP) is 14.4. The first kappa shape index (κ1) is 29.1. The summed E-state index contributed by atoms with van der Waals surface area (Å²) in [5, 5.41) is 9.30. The van der Waals surface area contributed by atoms with Crippen LogP contribution in [-0.4, -0.2) is 0 Å². The summed E-state index contributed by atoms with van der Waals surface area (Å²) in [6, 6.07) is 49.8. The van der Waals surface area contributed by atoms with Crippen LogP contribution in [0.2, 0.25) is 20.1 Å². The Kier molecular flexibility index (Phi) is 7.48. The highest BCUT2D eigenvalue weighted by Gasteiger charge is 2.26. The SMILES string of the molecule is Clc1ccc(-c2c3ccc(Cl)cc3c(-c3ccccc3)c3c(-c4ccc(Cl)cc4)c4ccc(Cl)cc4c(-c4ccccc4)c23)cc1. The Bertz CT molecular complexity index is 2240. The fraction of sp³-hybridized carbons (Fsp3) is 0. The van der Waals surface area contributed by atoms with E-state index in [0.29, 0.717) is 20.1 Å². The maximum Gasteiger partial charge on any atom is 0.0412 e. The quantitative estimate of drug-likeness (QED) is 0.164. The zero-order valence-corrected chi connectivity index (χ0v) is 27.4. The lowest BCUT2D eigenvalue weighted by molar-refractivity contribution is 1.63. The molecule has 0 amide bonds. The number of benzene rings is 8. The lowest BCUT2D eigenvalue weighted by Gasteiger charge is -2.25. The molecule has 4 heteroatoms. The summed E-state index contributed by atoms with van der Waals surface area (Å²) in [4.78, 5) is 0. The number of hydrogen-bond acceptors (Lipinski definition) is 0. The molecular formula is C42H24Cl4. The van der Waals surface area contributed by atoms with Gasteiger partial charge in [-0.15, -0.1) is 0 Å². The van der Waals surface area contributed by atoms with Crippen molar-refractivity contribution >= 4 is 78.7 Å². The van der Waals surface area contributed by atoms with Crippen molar-refractivity contribution in [3.8, 4) is 44.5 Å². The molecule has 0 fully saturated rings. The zero-order chi connectivity index (χ0) is 31.4. The van der Waals surface area contributed by atoms with Crippen LogP contribution in [0.5, 0.6) is 0 Å². The van der Waals surface area contributed by atoms with Crippen LogP contribution in [0.25, 0.3) is 76.8 Å². The Hall–Kier alpha value is -4.30. The molecule has 0 atom stereocenters. The molecule has 8 rings (SSSR count). The molecule has 0 unspecified atom stereocenters. The molecule has 8 aromatic rings. The van der Waals surface area contributed by atoms with Gasteiger partial charge in [0.25, 0.3) is 0 Å². The second-order valence-corrected chi connectivity index (χ2v) is 13.1. The lowest BCUT2D eigenvalue weighted by Crippen LogP contribution is -1.98. The van der Waals surface area contributed by atoms with Gasteiger partial charge in [-0.05, 0) is 125 Å². The summed E-state index contributed by atoms with van der Waals surface area (Å²) in [5.41, 5.74) is 8.76. The van der Waals surface area contributed by atoms with E-state index in [2.05, 4.69) is 109 Å². The Balaban J connectivity index is 1.77. The maximum atomic E-state index is 6.82. The molecule has 0 saturated heterocycles. The Morgan fingerprint density at radius 3 is 0.935 bits per heavy atom. The first-order valence-electron chi connectivity index (χ1n) is 14.9. The average Bonchev–Trinajstić information content (AvgIpc) is 3.08. The van der Waals surface area contributed by atoms with Crippen LogP contribution in [0, 0.1) is 0 Å². The molecule has 0 spiro atoms. The lowest BCUT2D eigenvalue weighted by atomic mass is 9.77. The molecule has 0 radical (unpaired) electrons. The van der Waals surface area contributed by atoms with Crippen LogP contribution in [0.15, 0.2) is 146 Å². The monoisotopic (exact) mass is 668 g/mol. The Morgan fingerprint density at radius 1 is 0.261 bits per heavy atom. The summed E-state index contributed by atoms with van der Waals surface area (Å²) >= 11 is 26.5. The topological polar surface area (TPSA) is 0 Å². The van der Waals surface area contributed by atoms with Crippen LogP contribution in [0.3, 0.4) is 0 Å². The van der Waals surface area contributed by atoms with Crippen LogP contribution in [0.1, 0.15) is 0 Å². The molecule has 0 aliphatic carbocycles. The fourth-order valence-electron chi connectivity index (χ4n) is 6.81. The molecule has 0 heterocycles. The third kappa shape index (κ3) is 4.94. The molecule has 46 heavy (non-hydrogen) atoms. The second kappa shape index (κ2) is 11.8. The van der Waals surface area contributed by atoms with Crippen molar-refractivity contribution in [1.82, 2.24) is 0 Å². The van der Waals surface area contributed by atoms with E-state index >= 15 is 0 Å². The summed E-state index contributed by atoms with van der Waals surface area (Å²) in [7, 11) is 0. The highest BCUT2D eigenvalue weighted by Crippen LogP contribution is 2.54. The first-order chi connectivity index (χ1) is 22.5. The number of rotatable bonds is 4. The van der Waals surface area contributed by atoms with Gasteiger partial charge in [-0.25, -0.2) is 0 Å². The Morgan fingerprint density at radius 2 is 0.565 bits per heavy atom. The van der Waals surface area contributed by atoms with Crippen LogP contribution in [-0.2, 0) is 0 Å². The predicted molar refractivity (Wildman–Crippen MR) is 201 cm³/mol. The molecule has 0 saturated carbocycles. The highest BCUT2D eigenvalue weighted by atomic mass is 35.5. The standard InChI is InChI=1S/C42H24Cl4/c43-29-15-11-27(12-16-29)37-34-22-20-32(46)24-36(34)40(26-9-5-2-6-10-26)42-38(28-13-17-30(44)18-14-28)33-21-19-31(45)23-35(33)39(41(37)42)25-7-3-1-4-8-25/h1-24H. The van der Waals surface area contributed by atoms with Gasteiger partial charge >= 0.3 is 0 Å². The summed E-state index contributed by atoms with van der Waals surface area (Å²) in [5.74, 6) is 0. The van der Waals surface area contributed by atoms with Gasteiger partial charge in [0.2, 0.25) is 0 Å². The van der Waals surface area contributed by atoms with E-state index in [1.165, 1.54) is 0 Å². The summed E-state index contributed by atoms with van der Waals surface area (Å²) < 4.78 is 0. The maximum absolute atomic E-state index is 6.82. The van der Waals surface area contributed by atoms with Gasteiger partial charge in [0.05, 0.1) is 0 Å². The molecule has 0 aliphatic rings. The molecule has 220 valence electrons. The van der Waals surface area contributed by atoms with E-state index < -0.39 is 0 Å². The fourth-order valence-corrected chi connectivity index (χ4v) is 7.41. The van der Waals surface area contributed by atoms with Gasteiger partial charge in [0, 0.05) is 20.1 Å². The van der Waals surface area contributed by atoms with Gasteiger partial charge in [-0.3, -0.25) is 0 Å².